The predicted octanol–water partition coefficient (Wildman–Crippen LogP) is 0.397. The van der Waals surface area contributed by atoms with E-state index in [1.165, 1.54) is 0 Å². The van der Waals surface area contributed by atoms with Crippen LogP contribution in [0, 0.1) is 0 Å². The lowest BCUT2D eigenvalue weighted by Gasteiger charge is -2.26. The van der Waals surface area contributed by atoms with Crippen LogP contribution in [0.4, 0.5) is 5.95 Å². The molecule has 1 aromatic heterocycles. The smallest absolute Gasteiger partial charge is 0.272 e. The van der Waals surface area contributed by atoms with Gasteiger partial charge in [-0.1, -0.05) is 0 Å². The van der Waals surface area contributed by atoms with E-state index in [9.17, 15) is 4.79 Å². The molecular weight excluding hydrogens is 260 g/mol. The average molecular weight is 280 g/mol. The number of morpholine rings is 1. The first-order valence-electron chi connectivity index (χ1n) is 6.74. The summed E-state index contributed by atoms with van der Waals surface area (Å²) < 4.78 is 10.2. The summed E-state index contributed by atoms with van der Waals surface area (Å²) in [5.41, 5.74) is 0.413. The maximum Gasteiger partial charge on any atom is 0.272 e. The zero-order valence-electron chi connectivity index (χ0n) is 11.7. The Balaban J connectivity index is 1.92. The lowest BCUT2D eigenvalue weighted by molar-refractivity contribution is 0.0299. The quantitative estimate of drug-likeness (QED) is 0.760. The van der Waals surface area contributed by atoms with Crippen molar-refractivity contribution in [1.82, 2.24) is 14.9 Å². The highest BCUT2D eigenvalue weighted by Gasteiger charge is 2.19. The molecule has 1 amide bonds. The maximum atomic E-state index is 12.3. The third-order valence-corrected chi connectivity index (χ3v) is 2.98. The van der Waals surface area contributed by atoms with Gasteiger partial charge < -0.3 is 19.7 Å². The summed E-state index contributed by atoms with van der Waals surface area (Å²) in [7, 11) is 1.66. The van der Waals surface area contributed by atoms with E-state index in [1.54, 1.807) is 24.3 Å². The van der Waals surface area contributed by atoms with E-state index >= 15 is 0 Å². The Labute approximate surface area is 118 Å². The Morgan fingerprint density at radius 2 is 2.30 bits per heavy atom. The summed E-state index contributed by atoms with van der Waals surface area (Å²) in [5.74, 6) is 0.399. The van der Waals surface area contributed by atoms with Crippen LogP contribution in [0.5, 0.6) is 0 Å². The number of anilines is 1. The lowest BCUT2D eigenvalue weighted by Crippen LogP contribution is -2.41. The van der Waals surface area contributed by atoms with Crippen LogP contribution >= 0.6 is 0 Å². The number of nitrogens with zero attached hydrogens (tertiary/aromatic N) is 3. The summed E-state index contributed by atoms with van der Waals surface area (Å²) >= 11 is 0. The van der Waals surface area contributed by atoms with Crippen molar-refractivity contribution in [2.24, 2.45) is 0 Å². The third kappa shape index (κ3) is 4.14. The highest BCUT2D eigenvalue weighted by molar-refractivity contribution is 5.92. The number of methoxy groups -OCH3 is 1. The molecule has 0 radical (unpaired) electrons. The topological polar surface area (TPSA) is 76.6 Å². The second-order valence-electron chi connectivity index (χ2n) is 4.44. The van der Waals surface area contributed by atoms with Gasteiger partial charge in [-0.15, -0.1) is 0 Å². The standard InChI is InChI=1S/C13H20N4O3/c1-19-8-2-4-14-13-15-5-3-11(16-13)12(18)17-6-9-20-10-7-17/h3,5H,2,4,6-10H2,1H3,(H,14,15,16). The fourth-order valence-electron chi connectivity index (χ4n) is 1.91. The van der Waals surface area contributed by atoms with Crippen LogP contribution in [-0.2, 0) is 9.47 Å². The Morgan fingerprint density at radius 3 is 3.05 bits per heavy atom. The number of hydrogen-bond donors (Lipinski definition) is 1. The molecule has 7 heteroatoms. The summed E-state index contributed by atoms with van der Waals surface area (Å²) in [6.07, 6.45) is 2.46. The van der Waals surface area contributed by atoms with Gasteiger partial charge in [0, 0.05) is 39.5 Å². The largest absolute Gasteiger partial charge is 0.385 e. The number of nitrogens with one attached hydrogen (secondary N) is 1. The SMILES string of the molecule is COCCCNc1nccc(C(=O)N2CCOCC2)n1. The molecule has 0 aromatic carbocycles. The lowest BCUT2D eigenvalue weighted by atomic mass is 10.3. The molecule has 0 spiro atoms. The van der Waals surface area contributed by atoms with E-state index in [2.05, 4.69) is 15.3 Å². The van der Waals surface area contributed by atoms with Crippen LogP contribution in [0.3, 0.4) is 0 Å². The molecule has 20 heavy (non-hydrogen) atoms. The summed E-state index contributed by atoms with van der Waals surface area (Å²) in [6, 6.07) is 1.64. The van der Waals surface area contributed by atoms with Gasteiger partial charge in [0.15, 0.2) is 0 Å². The van der Waals surface area contributed by atoms with Gasteiger partial charge in [0.05, 0.1) is 13.2 Å². The van der Waals surface area contributed by atoms with Crippen molar-refractivity contribution in [1.29, 1.82) is 0 Å². The minimum absolute atomic E-state index is 0.0735. The summed E-state index contributed by atoms with van der Waals surface area (Å²) in [5, 5.41) is 3.08. The molecule has 2 rings (SSSR count). The molecule has 1 aliphatic heterocycles. The molecule has 0 aliphatic carbocycles. The Morgan fingerprint density at radius 1 is 1.50 bits per heavy atom. The fourth-order valence-corrected chi connectivity index (χ4v) is 1.91. The van der Waals surface area contributed by atoms with Crippen LogP contribution in [0.2, 0.25) is 0 Å². The first-order valence-corrected chi connectivity index (χ1v) is 6.74. The van der Waals surface area contributed by atoms with Gasteiger partial charge >= 0.3 is 0 Å². The fraction of sp³-hybridized carbons (Fsp3) is 0.615. The number of amides is 1. The molecule has 1 N–H and O–H groups in total. The Hall–Kier alpha value is -1.73. The number of rotatable bonds is 6. The number of carbonyl (C=O) groups excluding carboxylic acids is 1. The van der Waals surface area contributed by atoms with E-state index < -0.39 is 0 Å². The normalized spacial score (nSPS) is 15.2. The molecule has 1 saturated heterocycles. The molecule has 7 nitrogen and oxygen atoms in total. The number of carbonyl (C=O) groups is 1. The van der Waals surface area contributed by atoms with Crippen LogP contribution < -0.4 is 5.32 Å². The van der Waals surface area contributed by atoms with Gasteiger partial charge in [0.25, 0.3) is 5.91 Å². The third-order valence-electron chi connectivity index (χ3n) is 2.98. The van der Waals surface area contributed by atoms with Crippen molar-refractivity contribution in [3.8, 4) is 0 Å². The zero-order chi connectivity index (χ0) is 14.2. The molecule has 0 atom stereocenters. The van der Waals surface area contributed by atoms with E-state index in [4.69, 9.17) is 9.47 Å². The highest BCUT2D eigenvalue weighted by Crippen LogP contribution is 2.07. The molecule has 2 heterocycles. The van der Waals surface area contributed by atoms with Crippen molar-refractivity contribution in [3.05, 3.63) is 18.0 Å². The Kier molecular flexibility index (Phi) is 5.69. The first kappa shape index (κ1) is 14.7. The molecule has 1 aliphatic rings. The second kappa shape index (κ2) is 7.76. The van der Waals surface area contributed by atoms with Crippen molar-refractivity contribution in [2.75, 3.05) is 51.9 Å². The Bertz CT molecular complexity index is 435. The van der Waals surface area contributed by atoms with E-state index in [-0.39, 0.29) is 5.91 Å². The minimum atomic E-state index is -0.0735. The van der Waals surface area contributed by atoms with Gasteiger partial charge in [-0.25, -0.2) is 9.97 Å². The molecule has 0 saturated carbocycles. The van der Waals surface area contributed by atoms with Crippen LogP contribution in [-0.4, -0.2) is 67.3 Å². The van der Waals surface area contributed by atoms with Gasteiger partial charge in [-0.3, -0.25) is 4.79 Å². The van der Waals surface area contributed by atoms with Gasteiger partial charge in [-0.05, 0) is 12.5 Å². The molecule has 1 fully saturated rings. The minimum Gasteiger partial charge on any atom is -0.385 e. The number of aromatic nitrogens is 2. The molecule has 0 unspecified atom stereocenters. The van der Waals surface area contributed by atoms with Gasteiger partial charge in [0.1, 0.15) is 5.69 Å². The summed E-state index contributed by atoms with van der Waals surface area (Å²) in [6.45, 7) is 3.78. The van der Waals surface area contributed by atoms with Crippen LogP contribution in [0.25, 0.3) is 0 Å². The average Bonchev–Trinajstić information content (AvgIpc) is 2.52. The van der Waals surface area contributed by atoms with E-state index in [0.29, 0.717) is 51.1 Å². The van der Waals surface area contributed by atoms with Crippen LogP contribution in [0.1, 0.15) is 16.9 Å². The molecular formula is C13H20N4O3. The van der Waals surface area contributed by atoms with E-state index in [1.807, 2.05) is 0 Å². The monoisotopic (exact) mass is 280 g/mol. The first-order chi connectivity index (χ1) is 9.81. The second-order valence-corrected chi connectivity index (χ2v) is 4.44. The van der Waals surface area contributed by atoms with Crippen molar-refractivity contribution >= 4 is 11.9 Å². The maximum absolute atomic E-state index is 12.3. The van der Waals surface area contributed by atoms with Gasteiger partial charge in [-0.2, -0.15) is 0 Å². The number of ether oxygens (including phenoxy) is 2. The van der Waals surface area contributed by atoms with Crippen molar-refractivity contribution < 1.29 is 14.3 Å². The molecule has 1 aromatic rings. The van der Waals surface area contributed by atoms with E-state index in [0.717, 1.165) is 6.42 Å². The molecule has 0 bridgehead atoms. The van der Waals surface area contributed by atoms with Crippen molar-refractivity contribution in [2.45, 2.75) is 6.42 Å². The number of hydrogen-bond acceptors (Lipinski definition) is 6. The highest BCUT2D eigenvalue weighted by atomic mass is 16.5. The molecule has 110 valence electrons. The summed E-state index contributed by atoms with van der Waals surface area (Å²) in [4.78, 5) is 22.4. The van der Waals surface area contributed by atoms with Gasteiger partial charge in [0.2, 0.25) is 5.95 Å². The predicted molar refractivity (Wildman–Crippen MR) is 73.7 cm³/mol. The zero-order valence-corrected chi connectivity index (χ0v) is 11.7. The van der Waals surface area contributed by atoms with Crippen molar-refractivity contribution in [3.63, 3.8) is 0 Å². The van der Waals surface area contributed by atoms with Crippen LogP contribution in [0.15, 0.2) is 12.3 Å².